The van der Waals surface area contributed by atoms with Crippen LogP contribution < -0.4 is 5.73 Å². The van der Waals surface area contributed by atoms with E-state index in [0.717, 1.165) is 22.1 Å². The Balaban J connectivity index is 1.62. The number of benzene rings is 2. The molecule has 2 heterocycles. The normalized spacial score (nSPS) is 10.9. The third kappa shape index (κ3) is 3.73. The van der Waals surface area contributed by atoms with Crippen molar-refractivity contribution in [2.24, 2.45) is 5.73 Å². The third-order valence-corrected chi connectivity index (χ3v) is 4.75. The van der Waals surface area contributed by atoms with E-state index in [1.54, 1.807) is 54.9 Å². The summed E-state index contributed by atoms with van der Waals surface area (Å²) in [5.41, 5.74) is 10.1. The van der Waals surface area contributed by atoms with Gasteiger partial charge < -0.3 is 10.7 Å². The first-order chi connectivity index (χ1) is 14.5. The van der Waals surface area contributed by atoms with Crippen molar-refractivity contribution in [1.82, 2.24) is 9.97 Å². The largest absolute Gasteiger partial charge is 0.366 e. The lowest BCUT2D eigenvalue weighted by atomic mass is 9.99. The molecule has 6 heteroatoms. The molecule has 4 rings (SSSR count). The molecule has 2 aromatic heterocycles. The van der Waals surface area contributed by atoms with Gasteiger partial charge in [-0.2, -0.15) is 5.26 Å². The Morgan fingerprint density at radius 1 is 1.00 bits per heavy atom. The zero-order valence-corrected chi connectivity index (χ0v) is 15.8. The Morgan fingerprint density at radius 2 is 1.67 bits per heavy atom. The fourth-order valence-electron chi connectivity index (χ4n) is 3.17. The number of fused-ring (bicyclic) bond motifs is 1. The van der Waals surface area contributed by atoms with Gasteiger partial charge in [-0.25, -0.2) is 4.98 Å². The number of amides is 1. The quantitative estimate of drug-likeness (QED) is 0.397. The lowest BCUT2D eigenvalue weighted by molar-refractivity contribution is -0.113. The zero-order chi connectivity index (χ0) is 21.1. The van der Waals surface area contributed by atoms with E-state index in [0.29, 0.717) is 22.3 Å². The summed E-state index contributed by atoms with van der Waals surface area (Å²) >= 11 is 0. The number of aromatic amines is 1. The molecule has 0 fully saturated rings. The molecule has 0 radical (unpaired) electrons. The molecular weight excluding hydrogens is 376 g/mol. The van der Waals surface area contributed by atoms with Gasteiger partial charge in [0, 0.05) is 46.1 Å². The molecular formula is C24H16N4O2. The Morgan fingerprint density at radius 3 is 2.30 bits per heavy atom. The van der Waals surface area contributed by atoms with Gasteiger partial charge in [0.25, 0.3) is 0 Å². The fourth-order valence-corrected chi connectivity index (χ4v) is 3.17. The number of hydrogen-bond acceptors (Lipinski definition) is 4. The van der Waals surface area contributed by atoms with Crippen LogP contribution in [0.25, 0.3) is 28.2 Å². The van der Waals surface area contributed by atoms with Crippen molar-refractivity contribution in [2.75, 3.05) is 0 Å². The number of pyridine rings is 1. The van der Waals surface area contributed by atoms with Crippen LogP contribution in [0.5, 0.6) is 0 Å². The number of primary amides is 1. The summed E-state index contributed by atoms with van der Waals surface area (Å²) < 4.78 is 0. The number of nitrogens with one attached hydrogen (secondary N) is 1. The summed E-state index contributed by atoms with van der Waals surface area (Å²) in [5, 5.41) is 9.74. The van der Waals surface area contributed by atoms with Crippen molar-refractivity contribution < 1.29 is 9.59 Å². The molecule has 1 amide bonds. The zero-order valence-electron chi connectivity index (χ0n) is 15.8. The summed E-state index contributed by atoms with van der Waals surface area (Å²) in [4.78, 5) is 31.2. The fraction of sp³-hybridized carbons (Fsp3) is 0. The molecule has 0 saturated heterocycles. The van der Waals surface area contributed by atoms with Crippen LogP contribution in [0.15, 0.2) is 73.1 Å². The Labute approximate surface area is 172 Å². The number of H-pyrrole nitrogens is 1. The van der Waals surface area contributed by atoms with Crippen LogP contribution in [-0.2, 0) is 4.79 Å². The van der Waals surface area contributed by atoms with Gasteiger partial charge in [-0.15, -0.1) is 0 Å². The standard InChI is InChI=1S/C24H16N4O2/c25-12-15-1-3-17(4-2-15)23(30)18-7-5-16(6-8-18)20-11-21-19(9-10-22(26)29)13-27-24(21)28-14-20/h1-11,13-14H,(H2,26,29)(H,27,28). The van der Waals surface area contributed by atoms with E-state index in [9.17, 15) is 9.59 Å². The third-order valence-electron chi connectivity index (χ3n) is 4.75. The molecule has 0 atom stereocenters. The highest BCUT2D eigenvalue weighted by Gasteiger charge is 2.10. The van der Waals surface area contributed by atoms with Gasteiger partial charge in [-0.05, 0) is 42.0 Å². The molecule has 4 aromatic rings. The van der Waals surface area contributed by atoms with Gasteiger partial charge in [0.05, 0.1) is 11.6 Å². The van der Waals surface area contributed by atoms with E-state index in [1.165, 1.54) is 6.08 Å². The van der Waals surface area contributed by atoms with E-state index in [2.05, 4.69) is 9.97 Å². The number of carbonyl (C=O) groups excluding carboxylic acids is 2. The smallest absolute Gasteiger partial charge is 0.241 e. The van der Waals surface area contributed by atoms with Crippen molar-refractivity contribution >= 4 is 28.8 Å². The molecule has 0 bridgehead atoms. The van der Waals surface area contributed by atoms with Crippen LogP contribution in [0.2, 0.25) is 0 Å². The summed E-state index contributed by atoms with van der Waals surface area (Å²) in [6.07, 6.45) is 6.46. The summed E-state index contributed by atoms with van der Waals surface area (Å²) in [5.74, 6) is -0.625. The lowest BCUT2D eigenvalue weighted by Gasteiger charge is -2.05. The first-order valence-electron chi connectivity index (χ1n) is 9.15. The number of nitrogens with two attached hydrogens (primary N) is 1. The van der Waals surface area contributed by atoms with E-state index >= 15 is 0 Å². The number of nitrogens with zero attached hydrogens (tertiary/aromatic N) is 2. The van der Waals surface area contributed by atoms with E-state index in [4.69, 9.17) is 11.0 Å². The topological polar surface area (TPSA) is 113 Å². The molecule has 0 aliphatic carbocycles. The molecule has 6 nitrogen and oxygen atoms in total. The Bertz CT molecular complexity index is 1320. The molecule has 0 aliphatic rings. The Kier molecular flexibility index (Phi) is 4.93. The number of aromatic nitrogens is 2. The maximum absolute atomic E-state index is 12.7. The van der Waals surface area contributed by atoms with Gasteiger partial charge in [0.15, 0.2) is 5.78 Å². The van der Waals surface area contributed by atoms with Crippen molar-refractivity contribution in [3.05, 3.63) is 95.3 Å². The van der Waals surface area contributed by atoms with Crippen LogP contribution in [0.3, 0.4) is 0 Å². The van der Waals surface area contributed by atoms with Gasteiger partial charge >= 0.3 is 0 Å². The first-order valence-corrected chi connectivity index (χ1v) is 9.15. The minimum Gasteiger partial charge on any atom is -0.366 e. The summed E-state index contributed by atoms with van der Waals surface area (Å²) in [6.45, 7) is 0. The predicted molar refractivity (Wildman–Crippen MR) is 114 cm³/mol. The number of ketones is 1. The minimum absolute atomic E-state index is 0.107. The van der Waals surface area contributed by atoms with E-state index in [-0.39, 0.29) is 5.78 Å². The van der Waals surface area contributed by atoms with Crippen molar-refractivity contribution in [2.45, 2.75) is 0 Å². The highest BCUT2D eigenvalue weighted by molar-refractivity contribution is 6.09. The van der Waals surface area contributed by atoms with E-state index < -0.39 is 5.91 Å². The SMILES string of the molecule is N#Cc1ccc(C(=O)c2ccc(-c3cnc4[nH]cc(C=CC(N)=O)c4c3)cc2)cc1. The second-order valence-corrected chi connectivity index (χ2v) is 6.70. The van der Waals surface area contributed by atoms with Gasteiger partial charge in [-0.1, -0.05) is 24.3 Å². The summed E-state index contributed by atoms with van der Waals surface area (Å²) in [7, 11) is 0. The number of carbonyl (C=O) groups is 2. The molecule has 0 aliphatic heterocycles. The van der Waals surface area contributed by atoms with Crippen LogP contribution in [0, 0.1) is 11.3 Å². The second-order valence-electron chi connectivity index (χ2n) is 6.70. The molecule has 0 unspecified atom stereocenters. The lowest BCUT2D eigenvalue weighted by Crippen LogP contribution is -2.04. The van der Waals surface area contributed by atoms with Crippen LogP contribution in [-0.4, -0.2) is 21.7 Å². The van der Waals surface area contributed by atoms with Gasteiger partial charge in [0.2, 0.25) is 5.91 Å². The maximum Gasteiger partial charge on any atom is 0.241 e. The monoisotopic (exact) mass is 392 g/mol. The molecule has 0 saturated carbocycles. The molecule has 3 N–H and O–H groups in total. The highest BCUT2D eigenvalue weighted by atomic mass is 16.1. The van der Waals surface area contributed by atoms with E-state index in [1.807, 2.05) is 24.3 Å². The Hall–Kier alpha value is -4.50. The van der Waals surface area contributed by atoms with Crippen molar-refractivity contribution in [1.29, 1.82) is 5.26 Å². The van der Waals surface area contributed by atoms with Crippen LogP contribution in [0.4, 0.5) is 0 Å². The molecule has 2 aromatic carbocycles. The summed E-state index contributed by atoms with van der Waals surface area (Å²) in [6, 6.07) is 17.8. The molecule has 0 spiro atoms. The molecule has 30 heavy (non-hydrogen) atoms. The number of nitriles is 1. The average molecular weight is 392 g/mol. The number of hydrogen-bond donors (Lipinski definition) is 2. The molecule has 144 valence electrons. The van der Waals surface area contributed by atoms with Crippen molar-refractivity contribution in [3.8, 4) is 17.2 Å². The average Bonchev–Trinajstić information content (AvgIpc) is 3.19. The van der Waals surface area contributed by atoms with Gasteiger partial charge in [-0.3, -0.25) is 9.59 Å². The van der Waals surface area contributed by atoms with Gasteiger partial charge in [0.1, 0.15) is 5.65 Å². The highest BCUT2D eigenvalue weighted by Crippen LogP contribution is 2.26. The minimum atomic E-state index is -0.518. The number of rotatable bonds is 5. The maximum atomic E-state index is 12.7. The van der Waals surface area contributed by atoms with Crippen LogP contribution in [0.1, 0.15) is 27.0 Å². The van der Waals surface area contributed by atoms with Crippen molar-refractivity contribution in [3.63, 3.8) is 0 Å². The second kappa shape index (κ2) is 7.86. The predicted octanol–water partition coefficient (Wildman–Crippen LogP) is 3.83. The first kappa shape index (κ1) is 18.8. The van der Waals surface area contributed by atoms with Crippen LogP contribution >= 0.6 is 0 Å².